The van der Waals surface area contributed by atoms with Gasteiger partial charge in [-0.05, 0) is 40.5 Å². The smallest absolute Gasteiger partial charge is 0.407 e. The third-order valence-electron chi connectivity index (χ3n) is 10.8. The molecule has 56 heavy (non-hydrogen) atoms. The maximum Gasteiger partial charge on any atom is 0.407 e. The molecule has 1 unspecified atom stereocenters. The summed E-state index contributed by atoms with van der Waals surface area (Å²) in [4.78, 5) is 12.5. The van der Waals surface area contributed by atoms with Crippen molar-refractivity contribution in [3.63, 3.8) is 0 Å². The van der Waals surface area contributed by atoms with Crippen LogP contribution in [0.2, 0.25) is 0 Å². The maximum atomic E-state index is 12.5. The van der Waals surface area contributed by atoms with Gasteiger partial charge in [-0.1, -0.05) is 206 Å². The van der Waals surface area contributed by atoms with Crippen molar-refractivity contribution in [3.8, 4) is 0 Å². The van der Waals surface area contributed by atoms with Crippen LogP contribution in [0.4, 0.5) is 4.79 Å². The lowest BCUT2D eigenvalue weighted by atomic mass is 10.0. The summed E-state index contributed by atoms with van der Waals surface area (Å²) in [7, 11) is 0. The van der Waals surface area contributed by atoms with Gasteiger partial charge in [-0.3, -0.25) is 0 Å². The van der Waals surface area contributed by atoms with E-state index in [1.807, 2.05) is 27.7 Å². The van der Waals surface area contributed by atoms with E-state index in [1.54, 1.807) is 0 Å². The number of nitrogens with one attached hydrogen (secondary N) is 1. The van der Waals surface area contributed by atoms with Gasteiger partial charge < -0.3 is 29.0 Å². The predicted octanol–water partition coefficient (Wildman–Crippen LogP) is 14.9. The topological polar surface area (TPSA) is 75.3 Å². The third-order valence-corrected chi connectivity index (χ3v) is 10.8. The van der Waals surface area contributed by atoms with E-state index >= 15 is 0 Å². The number of rotatable bonds is 46. The molecule has 0 saturated carbocycles. The van der Waals surface area contributed by atoms with Gasteiger partial charge in [0.2, 0.25) is 0 Å². The number of carbonyl (C=O) groups is 1. The number of carbonyl (C=O) groups excluding carboxylic acids is 1. The fourth-order valence-corrected chi connectivity index (χ4v) is 7.12. The lowest BCUT2D eigenvalue weighted by Gasteiger charge is -2.26. The van der Waals surface area contributed by atoms with E-state index in [1.165, 1.54) is 193 Å². The van der Waals surface area contributed by atoms with Crippen LogP contribution in [0.25, 0.3) is 0 Å². The number of ether oxygens (including phenoxy) is 5. The molecule has 0 aromatic rings. The van der Waals surface area contributed by atoms with Crippen LogP contribution in [-0.4, -0.2) is 70.1 Å². The number of hydrogen-bond donors (Lipinski definition) is 1. The summed E-state index contributed by atoms with van der Waals surface area (Å²) in [6.45, 7) is 15.9. The Morgan fingerprint density at radius 2 is 0.857 bits per heavy atom. The highest BCUT2D eigenvalue weighted by molar-refractivity contribution is 5.67. The summed E-state index contributed by atoms with van der Waals surface area (Å²) in [5, 5.41) is 2.81. The van der Waals surface area contributed by atoms with Crippen molar-refractivity contribution >= 4 is 6.09 Å². The Kier molecular flexibility index (Phi) is 43.0. The van der Waals surface area contributed by atoms with Crippen LogP contribution in [0.15, 0.2) is 0 Å². The molecule has 0 fully saturated rings. The zero-order valence-corrected chi connectivity index (χ0v) is 38.7. The van der Waals surface area contributed by atoms with Crippen LogP contribution in [0, 0.1) is 0 Å². The molecular formula is C49H99NO6. The molecule has 0 aliphatic rings. The Morgan fingerprint density at radius 3 is 1.25 bits per heavy atom. The summed E-state index contributed by atoms with van der Waals surface area (Å²) in [6.07, 6.45) is 42.9. The van der Waals surface area contributed by atoms with Crippen LogP contribution in [0.5, 0.6) is 0 Å². The van der Waals surface area contributed by atoms with E-state index in [4.69, 9.17) is 23.7 Å². The van der Waals surface area contributed by atoms with Crippen molar-refractivity contribution in [2.24, 2.45) is 0 Å². The Bertz CT molecular complexity index is 778. The Morgan fingerprint density at radius 1 is 0.482 bits per heavy atom. The Balaban J connectivity index is 4.13. The molecule has 0 bridgehead atoms. The quantitative estimate of drug-likeness (QED) is 0.0618. The number of unbranched alkanes of at least 4 members (excludes halogenated alkanes) is 30. The SMILES string of the molecule is CCCCCCCCCCCCCCCCCCOCC(COC(=O)NCCOC(C)(C)COC(C)C)OCCCCCCCCCCCCCCCCCC. The van der Waals surface area contributed by atoms with Gasteiger partial charge in [-0.15, -0.1) is 0 Å². The molecule has 0 rings (SSSR count). The van der Waals surface area contributed by atoms with Gasteiger partial charge in [0.15, 0.2) is 0 Å². The van der Waals surface area contributed by atoms with Crippen molar-refractivity contribution in [3.05, 3.63) is 0 Å². The molecule has 0 aromatic carbocycles. The second-order valence-electron chi connectivity index (χ2n) is 17.7. The van der Waals surface area contributed by atoms with Crippen LogP contribution in [-0.2, 0) is 23.7 Å². The highest BCUT2D eigenvalue weighted by Gasteiger charge is 2.19. The molecule has 0 radical (unpaired) electrons. The first-order chi connectivity index (χ1) is 27.3. The highest BCUT2D eigenvalue weighted by atomic mass is 16.6. The van der Waals surface area contributed by atoms with Crippen molar-refractivity contribution in [1.82, 2.24) is 5.32 Å². The largest absolute Gasteiger partial charge is 0.447 e. The fourth-order valence-electron chi connectivity index (χ4n) is 7.12. The average Bonchev–Trinajstić information content (AvgIpc) is 3.18. The van der Waals surface area contributed by atoms with Crippen LogP contribution < -0.4 is 5.32 Å². The monoisotopic (exact) mass is 798 g/mol. The standard InChI is InChI=1S/C49H99NO6/c1-7-9-11-13-15-17-19-21-23-25-27-29-31-33-35-37-40-52-43-47(44-54-48(51)50-39-42-56-49(5,6)45-55-46(3)4)53-41-38-36-34-32-30-28-26-24-22-20-18-16-14-12-10-8-2/h46-47H,7-45H2,1-6H3,(H,50,51). The molecule has 0 spiro atoms. The van der Waals surface area contributed by atoms with Gasteiger partial charge in [0.1, 0.15) is 12.7 Å². The number of hydrogen-bond acceptors (Lipinski definition) is 6. The van der Waals surface area contributed by atoms with E-state index in [2.05, 4.69) is 19.2 Å². The van der Waals surface area contributed by atoms with Gasteiger partial charge in [0, 0.05) is 19.8 Å². The second kappa shape index (κ2) is 43.7. The summed E-state index contributed by atoms with van der Waals surface area (Å²) in [5.74, 6) is 0. The molecule has 0 aliphatic heterocycles. The number of amides is 1. The molecule has 0 aliphatic carbocycles. The van der Waals surface area contributed by atoms with E-state index < -0.39 is 11.7 Å². The van der Waals surface area contributed by atoms with Gasteiger partial charge in [0.05, 0.1) is 31.5 Å². The van der Waals surface area contributed by atoms with E-state index in [0.717, 1.165) is 19.4 Å². The summed E-state index contributed by atoms with van der Waals surface area (Å²) in [5.41, 5.74) is -0.411. The molecule has 0 heterocycles. The highest BCUT2D eigenvalue weighted by Crippen LogP contribution is 2.16. The molecule has 336 valence electrons. The minimum absolute atomic E-state index is 0.156. The van der Waals surface area contributed by atoms with Gasteiger partial charge >= 0.3 is 6.09 Å². The zero-order chi connectivity index (χ0) is 41.1. The molecule has 1 amide bonds. The van der Waals surface area contributed by atoms with Crippen LogP contribution in [0.1, 0.15) is 247 Å². The molecule has 7 nitrogen and oxygen atoms in total. The first-order valence-corrected chi connectivity index (χ1v) is 24.7. The minimum Gasteiger partial charge on any atom is -0.447 e. The Hall–Kier alpha value is -0.890. The Labute approximate surface area is 350 Å². The van der Waals surface area contributed by atoms with Gasteiger partial charge in [-0.2, -0.15) is 0 Å². The average molecular weight is 798 g/mol. The van der Waals surface area contributed by atoms with E-state index in [9.17, 15) is 4.79 Å². The van der Waals surface area contributed by atoms with Gasteiger partial charge in [0.25, 0.3) is 0 Å². The minimum atomic E-state index is -0.446. The van der Waals surface area contributed by atoms with Crippen molar-refractivity contribution in [1.29, 1.82) is 0 Å². The van der Waals surface area contributed by atoms with Crippen molar-refractivity contribution in [2.75, 3.05) is 46.2 Å². The van der Waals surface area contributed by atoms with E-state index in [-0.39, 0.29) is 18.8 Å². The molecule has 1 atom stereocenters. The predicted molar refractivity (Wildman–Crippen MR) is 240 cm³/mol. The van der Waals surface area contributed by atoms with Crippen molar-refractivity contribution < 1.29 is 28.5 Å². The lowest BCUT2D eigenvalue weighted by molar-refractivity contribution is -0.0867. The van der Waals surface area contributed by atoms with Crippen LogP contribution >= 0.6 is 0 Å². The lowest BCUT2D eigenvalue weighted by Crippen LogP contribution is -2.37. The third kappa shape index (κ3) is 44.2. The fraction of sp³-hybridized carbons (Fsp3) is 0.980. The van der Waals surface area contributed by atoms with E-state index in [0.29, 0.717) is 33.0 Å². The second-order valence-corrected chi connectivity index (χ2v) is 17.7. The first-order valence-electron chi connectivity index (χ1n) is 24.7. The number of alkyl carbamates (subject to hydrolysis) is 1. The zero-order valence-electron chi connectivity index (χ0n) is 38.7. The molecular weight excluding hydrogens is 699 g/mol. The molecule has 0 saturated heterocycles. The summed E-state index contributed by atoms with van der Waals surface area (Å²) < 4.78 is 29.4. The molecule has 1 N–H and O–H groups in total. The maximum absolute atomic E-state index is 12.5. The van der Waals surface area contributed by atoms with Gasteiger partial charge in [-0.25, -0.2) is 4.79 Å². The van der Waals surface area contributed by atoms with Crippen LogP contribution in [0.3, 0.4) is 0 Å². The summed E-state index contributed by atoms with van der Waals surface area (Å²) in [6, 6.07) is 0. The first kappa shape index (κ1) is 55.1. The normalized spacial score (nSPS) is 12.5. The molecule has 0 aromatic heterocycles. The van der Waals surface area contributed by atoms with Crippen molar-refractivity contribution in [2.45, 2.75) is 265 Å². The summed E-state index contributed by atoms with van der Waals surface area (Å²) >= 11 is 0. The molecule has 7 heteroatoms.